The lowest BCUT2D eigenvalue weighted by atomic mass is 10.1. The number of aromatic nitrogens is 5. The first-order valence-corrected chi connectivity index (χ1v) is 9.42. The highest BCUT2D eigenvalue weighted by Crippen LogP contribution is 2.18. The highest BCUT2D eigenvalue weighted by atomic mass is 16.6. The Hall–Kier alpha value is -4.28. The molecule has 11 heteroatoms. The van der Waals surface area contributed by atoms with Gasteiger partial charge in [-0.2, -0.15) is 9.78 Å². The minimum absolute atomic E-state index is 0.0729. The van der Waals surface area contributed by atoms with Gasteiger partial charge in [0, 0.05) is 12.3 Å². The third kappa shape index (κ3) is 4.50. The number of nitro groups is 1. The predicted octanol–water partition coefficient (Wildman–Crippen LogP) is 2.94. The maximum atomic E-state index is 12.7. The fourth-order valence-corrected chi connectivity index (χ4v) is 3.03. The molecule has 4 rings (SSSR count). The Bertz CT molecular complexity index is 1240. The Labute approximate surface area is 176 Å². The quantitative estimate of drug-likeness (QED) is 0.358. The molecule has 0 aliphatic carbocycles. The summed E-state index contributed by atoms with van der Waals surface area (Å²) in [6.07, 6.45) is 3.23. The molecule has 0 atom stereocenters. The average molecular weight is 421 g/mol. The van der Waals surface area contributed by atoms with Crippen LogP contribution >= 0.6 is 0 Å². The van der Waals surface area contributed by atoms with Crippen LogP contribution in [-0.2, 0) is 13.1 Å². The summed E-state index contributed by atoms with van der Waals surface area (Å²) < 4.78 is 8.24. The van der Waals surface area contributed by atoms with Crippen molar-refractivity contribution in [1.29, 1.82) is 0 Å². The smallest absolute Gasteiger partial charge is 0.361 e. The van der Waals surface area contributed by atoms with Gasteiger partial charge in [0.15, 0.2) is 11.5 Å². The van der Waals surface area contributed by atoms with Crippen LogP contribution in [0.25, 0.3) is 0 Å². The Morgan fingerprint density at radius 3 is 2.48 bits per heavy atom. The van der Waals surface area contributed by atoms with Gasteiger partial charge in [-0.1, -0.05) is 35.0 Å². The van der Waals surface area contributed by atoms with Crippen molar-refractivity contribution < 1.29 is 14.2 Å². The van der Waals surface area contributed by atoms with Crippen LogP contribution in [0.1, 0.15) is 32.9 Å². The minimum Gasteiger partial charge on any atom is -0.361 e. The number of carbonyl (C=O) groups is 1. The number of rotatable bonds is 7. The zero-order valence-electron chi connectivity index (χ0n) is 16.8. The van der Waals surface area contributed by atoms with Crippen molar-refractivity contribution in [1.82, 2.24) is 24.7 Å². The second-order valence-electron chi connectivity index (χ2n) is 7.03. The highest BCUT2D eigenvalue weighted by Gasteiger charge is 2.23. The van der Waals surface area contributed by atoms with Gasteiger partial charge in [-0.3, -0.25) is 9.48 Å². The van der Waals surface area contributed by atoms with Crippen molar-refractivity contribution in [3.63, 3.8) is 0 Å². The lowest BCUT2D eigenvalue weighted by Crippen LogP contribution is -2.16. The molecular weight excluding hydrogens is 402 g/mol. The third-order valence-corrected chi connectivity index (χ3v) is 4.68. The molecule has 3 heterocycles. The van der Waals surface area contributed by atoms with Crippen molar-refractivity contribution in [2.45, 2.75) is 26.9 Å². The Balaban J connectivity index is 1.46. The molecule has 0 saturated carbocycles. The summed E-state index contributed by atoms with van der Waals surface area (Å²) in [5, 5.41) is 25.6. The number of nitrogens with one attached hydrogen (secondary N) is 1. The highest BCUT2D eigenvalue weighted by molar-refractivity contribution is 6.03. The van der Waals surface area contributed by atoms with Crippen LogP contribution in [0.3, 0.4) is 0 Å². The monoisotopic (exact) mass is 421 g/mol. The number of amides is 1. The molecule has 1 amide bonds. The number of hydrogen-bond acceptors (Lipinski definition) is 7. The number of anilines is 1. The molecule has 1 aromatic carbocycles. The van der Waals surface area contributed by atoms with Crippen LogP contribution < -0.4 is 5.32 Å². The van der Waals surface area contributed by atoms with Crippen LogP contribution in [-0.4, -0.2) is 35.5 Å². The zero-order chi connectivity index (χ0) is 22.0. The van der Waals surface area contributed by atoms with Crippen LogP contribution in [0, 0.1) is 24.0 Å². The fourth-order valence-electron chi connectivity index (χ4n) is 3.03. The van der Waals surface area contributed by atoms with Crippen molar-refractivity contribution in [2.24, 2.45) is 0 Å². The number of aryl methyl sites for hydroxylation is 2. The van der Waals surface area contributed by atoms with Gasteiger partial charge < -0.3 is 20.0 Å². The largest absolute Gasteiger partial charge is 0.389 e. The van der Waals surface area contributed by atoms with Gasteiger partial charge in [0.2, 0.25) is 0 Å². The van der Waals surface area contributed by atoms with Gasteiger partial charge in [-0.25, -0.2) is 0 Å². The topological polar surface area (TPSA) is 134 Å². The van der Waals surface area contributed by atoms with E-state index in [0.717, 1.165) is 5.56 Å². The second kappa shape index (κ2) is 8.22. The standard InChI is InChI=1S/C20H19N7O4/c1-13-3-5-15(6-4-13)11-25-9-7-17(22-25)21-20(28)19-16(14(2)31-24-19)12-26-10-8-18(23-26)27(29)30/h3-10H,11-12H2,1-2H3,(H,21,22,28). The van der Waals surface area contributed by atoms with E-state index in [1.165, 1.54) is 22.5 Å². The molecule has 0 aliphatic rings. The van der Waals surface area contributed by atoms with Gasteiger partial charge in [-0.05, 0) is 24.3 Å². The Kier molecular flexibility index (Phi) is 5.31. The van der Waals surface area contributed by atoms with Crippen LogP contribution in [0.15, 0.2) is 53.3 Å². The van der Waals surface area contributed by atoms with Crippen LogP contribution in [0.2, 0.25) is 0 Å². The first kappa shape index (κ1) is 20.0. The lowest BCUT2D eigenvalue weighted by molar-refractivity contribution is -0.389. The van der Waals surface area contributed by atoms with E-state index < -0.39 is 10.8 Å². The molecular formula is C20H19N7O4. The van der Waals surface area contributed by atoms with E-state index in [-0.39, 0.29) is 18.1 Å². The summed E-state index contributed by atoms with van der Waals surface area (Å²) in [7, 11) is 0. The minimum atomic E-state index is -0.586. The summed E-state index contributed by atoms with van der Waals surface area (Å²) in [4.78, 5) is 23.0. The molecule has 0 spiro atoms. The summed E-state index contributed by atoms with van der Waals surface area (Å²) in [6.45, 7) is 4.36. The average Bonchev–Trinajstić information content (AvgIpc) is 3.46. The number of carbonyl (C=O) groups excluding carboxylic acids is 1. The van der Waals surface area contributed by atoms with E-state index in [0.29, 0.717) is 23.7 Å². The van der Waals surface area contributed by atoms with E-state index in [1.807, 2.05) is 31.2 Å². The van der Waals surface area contributed by atoms with Gasteiger partial charge in [-0.15, -0.1) is 0 Å². The molecule has 0 bridgehead atoms. The molecule has 3 aromatic heterocycles. The molecule has 1 N–H and O–H groups in total. The maximum absolute atomic E-state index is 12.7. The summed E-state index contributed by atoms with van der Waals surface area (Å²) >= 11 is 0. The van der Waals surface area contributed by atoms with Crippen molar-refractivity contribution in [3.8, 4) is 0 Å². The van der Waals surface area contributed by atoms with E-state index in [2.05, 4.69) is 20.7 Å². The molecule has 0 radical (unpaired) electrons. The van der Waals surface area contributed by atoms with E-state index in [9.17, 15) is 14.9 Å². The fraction of sp³-hybridized carbons (Fsp3) is 0.200. The number of hydrogen-bond donors (Lipinski definition) is 1. The second-order valence-corrected chi connectivity index (χ2v) is 7.03. The predicted molar refractivity (Wildman–Crippen MR) is 110 cm³/mol. The lowest BCUT2D eigenvalue weighted by Gasteiger charge is -2.03. The van der Waals surface area contributed by atoms with Crippen molar-refractivity contribution >= 4 is 17.5 Å². The van der Waals surface area contributed by atoms with Gasteiger partial charge in [0.1, 0.15) is 5.76 Å². The van der Waals surface area contributed by atoms with E-state index >= 15 is 0 Å². The zero-order valence-corrected chi connectivity index (χ0v) is 16.8. The molecule has 4 aromatic rings. The number of benzene rings is 1. The molecule has 0 unspecified atom stereocenters. The summed E-state index contributed by atoms with van der Waals surface area (Å²) in [5.74, 6) is 0.0277. The normalized spacial score (nSPS) is 10.9. The van der Waals surface area contributed by atoms with Crippen molar-refractivity contribution in [2.75, 3.05) is 5.32 Å². The summed E-state index contributed by atoms with van der Waals surface area (Å²) in [6, 6.07) is 11.1. The molecule has 158 valence electrons. The van der Waals surface area contributed by atoms with Crippen molar-refractivity contribution in [3.05, 3.63) is 87.1 Å². The molecule has 31 heavy (non-hydrogen) atoms. The Morgan fingerprint density at radius 1 is 1.06 bits per heavy atom. The van der Waals surface area contributed by atoms with Gasteiger partial charge >= 0.3 is 5.82 Å². The number of nitrogens with zero attached hydrogens (tertiary/aromatic N) is 6. The van der Waals surface area contributed by atoms with Crippen LogP contribution in [0.4, 0.5) is 11.6 Å². The third-order valence-electron chi connectivity index (χ3n) is 4.68. The SMILES string of the molecule is Cc1ccc(Cn2ccc(NC(=O)c3noc(C)c3Cn3ccc([N+](=O)[O-])n3)n2)cc1. The maximum Gasteiger partial charge on any atom is 0.389 e. The Morgan fingerprint density at radius 2 is 1.77 bits per heavy atom. The first-order chi connectivity index (χ1) is 14.9. The van der Waals surface area contributed by atoms with Gasteiger partial charge in [0.25, 0.3) is 5.91 Å². The summed E-state index contributed by atoms with van der Waals surface area (Å²) in [5.41, 5.74) is 2.83. The van der Waals surface area contributed by atoms with E-state index in [4.69, 9.17) is 4.52 Å². The molecule has 0 aliphatic heterocycles. The molecule has 0 fully saturated rings. The molecule has 0 saturated heterocycles. The van der Waals surface area contributed by atoms with Crippen LogP contribution in [0.5, 0.6) is 0 Å². The molecule has 11 nitrogen and oxygen atoms in total. The first-order valence-electron chi connectivity index (χ1n) is 9.42. The van der Waals surface area contributed by atoms with E-state index in [1.54, 1.807) is 23.9 Å². The van der Waals surface area contributed by atoms with Gasteiger partial charge in [0.05, 0.1) is 36.0 Å².